The van der Waals surface area contributed by atoms with Gasteiger partial charge in [0.1, 0.15) is 24.6 Å². The molecule has 24 heavy (non-hydrogen) atoms. The van der Waals surface area contributed by atoms with E-state index in [2.05, 4.69) is 24.8 Å². The summed E-state index contributed by atoms with van der Waals surface area (Å²) in [6.07, 6.45) is -4.09. The number of aliphatic hydroxyl groups is 2. The monoisotopic (exact) mass is 372 g/mol. The first-order valence-electron chi connectivity index (χ1n) is 6.31. The summed E-state index contributed by atoms with van der Waals surface area (Å²) in [6.45, 7) is -0.622. The van der Waals surface area contributed by atoms with Crippen molar-refractivity contribution in [3.8, 4) is 0 Å². The number of fused-ring (bicyclic) bond motifs is 1. The van der Waals surface area contributed by atoms with Gasteiger partial charge in [-0.25, -0.2) is 14.5 Å². The molecule has 1 saturated heterocycles. The molecule has 2 unspecified atom stereocenters. The first-order chi connectivity index (χ1) is 10.8. The Morgan fingerprint density at radius 2 is 2.08 bits per heavy atom. The second kappa shape index (κ2) is 7.25. The molecule has 2 aromatic heterocycles. The van der Waals surface area contributed by atoms with Crippen molar-refractivity contribution in [2.75, 3.05) is 12.3 Å². The van der Waals surface area contributed by atoms with E-state index < -0.39 is 39.0 Å². The maximum atomic E-state index is 10.7. The zero-order chi connectivity index (χ0) is 16.8. The van der Waals surface area contributed by atoms with Gasteiger partial charge in [0, 0.05) is 0 Å². The Balaban J connectivity index is 0.00000156. The molecule has 0 aliphatic carbocycles. The van der Waals surface area contributed by atoms with Gasteiger partial charge >= 0.3 is 37.4 Å². The van der Waals surface area contributed by atoms with Crippen molar-refractivity contribution in [3.63, 3.8) is 0 Å². The van der Waals surface area contributed by atoms with Crippen molar-refractivity contribution in [2.45, 2.75) is 24.5 Å². The number of nitrogen functional groups attached to an aromatic ring is 1. The van der Waals surface area contributed by atoms with Crippen LogP contribution >= 0.6 is 7.82 Å². The third kappa shape index (κ3) is 3.75. The summed E-state index contributed by atoms with van der Waals surface area (Å²) in [6, 6.07) is 0. The summed E-state index contributed by atoms with van der Waals surface area (Å²) in [5.74, 6) is 0.0793. The molecule has 0 spiro atoms. The fourth-order valence-corrected chi connectivity index (χ4v) is 2.53. The molecule has 0 saturated carbocycles. The molecule has 0 aromatic carbocycles. The van der Waals surface area contributed by atoms with E-state index >= 15 is 0 Å². The SMILES string of the molecule is Nc1ncnc2c1nnn2[C@@H]1O[C@H](COP(=O)(O)O)C(O)C1O.[H-].[Na+]. The van der Waals surface area contributed by atoms with Gasteiger partial charge in [0.05, 0.1) is 6.61 Å². The van der Waals surface area contributed by atoms with Crippen molar-refractivity contribution in [1.29, 1.82) is 0 Å². The largest absolute Gasteiger partial charge is 1.00 e. The molecule has 128 valence electrons. The third-order valence-electron chi connectivity index (χ3n) is 3.27. The van der Waals surface area contributed by atoms with Crippen molar-refractivity contribution in [3.05, 3.63) is 6.33 Å². The van der Waals surface area contributed by atoms with Crippen LogP contribution in [0.25, 0.3) is 11.2 Å². The summed E-state index contributed by atoms with van der Waals surface area (Å²) in [5, 5.41) is 27.5. The fraction of sp³-hybridized carbons (Fsp3) is 0.556. The predicted molar refractivity (Wildman–Crippen MR) is 72.6 cm³/mol. The molecule has 3 heterocycles. The molecule has 6 N–H and O–H groups in total. The molecule has 0 radical (unpaired) electrons. The molecule has 3 rings (SSSR count). The van der Waals surface area contributed by atoms with Crippen LogP contribution in [-0.2, 0) is 13.8 Å². The number of nitrogens with two attached hydrogens (primary N) is 1. The number of nitrogens with zero attached hydrogens (tertiary/aromatic N) is 5. The molecular weight excluding hydrogens is 358 g/mol. The molecule has 1 aliphatic heterocycles. The first kappa shape index (κ1) is 19.6. The van der Waals surface area contributed by atoms with Crippen LogP contribution < -0.4 is 35.3 Å². The van der Waals surface area contributed by atoms with Crippen LogP contribution in [0, 0.1) is 0 Å². The predicted octanol–water partition coefficient (Wildman–Crippen LogP) is -5.35. The number of phosphoric ester groups is 1. The van der Waals surface area contributed by atoms with E-state index in [1.54, 1.807) is 0 Å². The minimum absolute atomic E-state index is 0. The van der Waals surface area contributed by atoms with E-state index in [-0.39, 0.29) is 48.0 Å². The number of hydrogen-bond acceptors (Lipinski definition) is 10. The van der Waals surface area contributed by atoms with Crippen LogP contribution in [0.2, 0.25) is 0 Å². The number of hydrogen-bond donors (Lipinski definition) is 5. The van der Waals surface area contributed by atoms with E-state index in [9.17, 15) is 14.8 Å². The number of phosphoric acid groups is 1. The maximum absolute atomic E-state index is 10.7. The van der Waals surface area contributed by atoms with Crippen LogP contribution in [0.4, 0.5) is 5.82 Å². The van der Waals surface area contributed by atoms with Gasteiger partial charge in [-0.15, -0.1) is 5.10 Å². The Morgan fingerprint density at radius 3 is 2.75 bits per heavy atom. The van der Waals surface area contributed by atoms with Crippen molar-refractivity contribution in [1.82, 2.24) is 25.0 Å². The number of ether oxygens (including phenoxy) is 1. The summed E-state index contributed by atoms with van der Waals surface area (Å²) in [4.78, 5) is 25.0. The molecular formula is C9H14N6NaO7P. The Bertz CT molecular complexity index is 776. The first-order valence-corrected chi connectivity index (χ1v) is 7.84. The number of aromatic nitrogens is 5. The maximum Gasteiger partial charge on any atom is 1.00 e. The van der Waals surface area contributed by atoms with Gasteiger partial charge in [-0.2, -0.15) is 4.68 Å². The fourth-order valence-electron chi connectivity index (χ4n) is 2.19. The minimum atomic E-state index is -4.73. The van der Waals surface area contributed by atoms with Crippen LogP contribution in [0.3, 0.4) is 0 Å². The van der Waals surface area contributed by atoms with Crippen molar-refractivity contribution in [2.24, 2.45) is 0 Å². The number of anilines is 1. The normalized spacial score (nSPS) is 27.3. The number of rotatable bonds is 4. The van der Waals surface area contributed by atoms with E-state index in [0.717, 1.165) is 4.68 Å². The van der Waals surface area contributed by atoms with Gasteiger partial charge < -0.3 is 31.9 Å². The summed E-state index contributed by atoms with van der Waals surface area (Å²) < 4.78 is 21.5. The van der Waals surface area contributed by atoms with E-state index in [1.165, 1.54) is 6.33 Å². The second-order valence-electron chi connectivity index (χ2n) is 4.80. The zero-order valence-corrected chi connectivity index (χ0v) is 15.3. The molecule has 1 aliphatic rings. The molecule has 15 heteroatoms. The van der Waals surface area contributed by atoms with E-state index in [0.29, 0.717) is 0 Å². The summed E-state index contributed by atoms with van der Waals surface area (Å²) in [5.41, 5.74) is 5.99. The van der Waals surface area contributed by atoms with Gasteiger partial charge in [-0.1, -0.05) is 5.21 Å². The Hall–Kier alpha value is -0.730. The molecule has 4 atom stereocenters. The van der Waals surface area contributed by atoms with E-state index in [1.807, 2.05) is 0 Å². The van der Waals surface area contributed by atoms with Crippen LogP contribution in [-0.4, -0.2) is 69.9 Å². The molecule has 0 amide bonds. The Kier molecular flexibility index (Phi) is 5.92. The molecule has 13 nitrogen and oxygen atoms in total. The molecule has 1 fully saturated rings. The van der Waals surface area contributed by atoms with Crippen LogP contribution in [0.5, 0.6) is 0 Å². The zero-order valence-electron chi connectivity index (χ0n) is 13.4. The average Bonchev–Trinajstić information content (AvgIpc) is 3.01. The van der Waals surface area contributed by atoms with Gasteiger partial charge in [-0.05, 0) is 0 Å². The molecule has 2 aromatic rings. The van der Waals surface area contributed by atoms with Crippen LogP contribution in [0.1, 0.15) is 7.65 Å². The Labute approximate surface area is 157 Å². The van der Waals surface area contributed by atoms with Crippen molar-refractivity contribution < 1.29 is 64.8 Å². The van der Waals surface area contributed by atoms with Gasteiger partial charge in [-0.3, -0.25) is 4.52 Å². The summed E-state index contributed by atoms with van der Waals surface area (Å²) in [7, 11) is -4.73. The van der Waals surface area contributed by atoms with Crippen molar-refractivity contribution >= 4 is 24.8 Å². The Morgan fingerprint density at radius 1 is 1.38 bits per heavy atom. The quantitative estimate of drug-likeness (QED) is 0.252. The number of aliphatic hydroxyl groups excluding tert-OH is 2. The van der Waals surface area contributed by atoms with Gasteiger partial charge in [0.25, 0.3) is 0 Å². The van der Waals surface area contributed by atoms with Crippen LogP contribution in [0.15, 0.2) is 6.33 Å². The average molecular weight is 372 g/mol. The topological polar surface area (TPSA) is 199 Å². The van der Waals surface area contributed by atoms with Gasteiger partial charge in [0.2, 0.25) is 0 Å². The molecule has 0 bridgehead atoms. The third-order valence-corrected chi connectivity index (χ3v) is 3.76. The smallest absolute Gasteiger partial charge is 1.00 e. The second-order valence-corrected chi connectivity index (χ2v) is 6.04. The summed E-state index contributed by atoms with van der Waals surface area (Å²) >= 11 is 0. The van der Waals surface area contributed by atoms with Gasteiger partial charge in [0.15, 0.2) is 23.2 Å². The minimum Gasteiger partial charge on any atom is -1.00 e. The van der Waals surface area contributed by atoms with E-state index in [4.69, 9.17) is 20.3 Å². The standard InChI is InChI=1S/C9H13N6O7P.Na.H/c10-7-4-8(12-2-11-7)15(14-13-4)9-6(17)5(16)3(22-9)1-21-23(18,19)20;;/h2-3,5-6,9,16-17H,1H2,(H2,10,11,12)(H2,18,19,20);;/q;+1;-1/t3-,5?,6?,9-;;/m1../s1.